The number of hydrogen-bond acceptors (Lipinski definition) is 11. The number of hydrogen-bond donors (Lipinski definition) is 2. The molecule has 326 valence electrons. The van der Waals surface area contributed by atoms with Crippen molar-refractivity contribution in [1.29, 1.82) is 0 Å². The molecule has 0 amide bonds. The first-order valence-electron chi connectivity index (χ1n) is 21.5. The lowest BCUT2D eigenvalue weighted by Crippen LogP contribution is -2.24. The smallest absolute Gasteiger partial charge is 0.338 e. The highest BCUT2D eigenvalue weighted by Gasteiger charge is 2.28. The fourth-order valence-corrected chi connectivity index (χ4v) is 7.81. The highest BCUT2D eigenvalue weighted by atomic mass is 35.5. The van der Waals surface area contributed by atoms with Crippen LogP contribution in [-0.2, 0) is 23.7 Å². The van der Waals surface area contributed by atoms with Crippen LogP contribution in [0.2, 0.25) is 0 Å². The summed E-state index contributed by atoms with van der Waals surface area (Å²) < 4.78 is 38.0. The third kappa shape index (κ3) is 13.8. The number of halogens is 1. The zero-order valence-electron chi connectivity index (χ0n) is 35.0. The van der Waals surface area contributed by atoms with Crippen LogP contribution in [0.25, 0.3) is 0 Å². The molecule has 0 aromatic heterocycles. The molecule has 3 aliphatic heterocycles. The molecule has 11 nitrogen and oxygen atoms in total. The Hall–Kier alpha value is -4.81. The van der Waals surface area contributed by atoms with E-state index in [0.717, 1.165) is 88.2 Å². The Morgan fingerprint density at radius 3 is 1.49 bits per heavy atom. The van der Waals surface area contributed by atoms with Crippen LogP contribution in [-0.4, -0.2) is 91.6 Å². The molecule has 12 heteroatoms. The minimum Gasteiger partial charge on any atom is -0.508 e. The Bertz CT molecular complexity index is 2030. The van der Waals surface area contributed by atoms with E-state index in [4.69, 9.17) is 44.8 Å². The fraction of sp³-hybridized carbons (Fsp3) is 0.469. The summed E-state index contributed by atoms with van der Waals surface area (Å²) >= 11 is 5.27. The molecular weight excluding hydrogens is 800 g/mol. The van der Waals surface area contributed by atoms with Crippen LogP contribution >= 0.6 is 11.6 Å². The van der Waals surface area contributed by atoms with Gasteiger partial charge in [-0.15, -0.1) is 11.6 Å². The summed E-state index contributed by atoms with van der Waals surface area (Å²) in [6, 6.07) is 26.0. The van der Waals surface area contributed by atoms with Gasteiger partial charge in [-0.25, -0.2) is 9.59 Å². The van der Waals surface area contributed by atoms with E-state index in [1.165, 1.54) is 17.2 Å². The minimum absolute atomic E-state index is 0.0249. The zero-order chi connectivity index (χ0) is 42.7. The van der Waals surface area contributed by atoms with Gasteiger partial charge >= 0.3 is 11.9 Å². The van der Waals surface area contributed by atoms with E-state index in [-0.39, 0.29) is 47.9 Å². The molecule has 0 radical (unpaired) electrons. The second-order valence-electron chi connectivity index (χ2n) is 16.5. The summed E-state index contributed by atoms with van der Waals surface area (Å²) in [6.45, 7) is 7.34. The molecule has 3 saturated heterocycles. The van der Waals surface area contributed by atoms with E-state index in [1.54, 1.807) is 37.3 Å². The van der Waals surface area contributed by atoms with Crippen molar-refractivity contribution < 1.29 is 53.0 Å². The Morgan fingerprint density at radius 1 is 0.590 bits per heavy atom. The molecule has 2 N–H and O–H groups in total. The maximum Gasteiger partial charge on any atom is 0.338 e. The topological polar surface area (TPSA) is 149 Å². The number of carbonyl (C=O) groups is 2. The van der Waals surface area contributed by atoms with Crippen LogP contribution in [0.5, 0.6) is 23.0 Å². The molecule has 3 atom stereocenters. The van der Waals surface area contributed by atoms with Crippen LogP contribution in [0, 0.1) is 13.8 Å². The van der Waals surface area contributed by atoms with Gasteiger partial charge in [-0.1, -0.05) is 24.3 Å². The molecule has 5 aliphatic rings. The second kappa shape index (κ2) is 21.3. The number of phenolic OH excluding ortho intramolecular Hbond substituents is 2. The lowest BCUT2D eigenvalue weighted by molar-refractivity contribution is 0.0186. The monoisotopic (exact) mass is 856 g/mol. The Morgan fingerprint density at radius 2 is 1.05 bits per heavy atom. The van der Waals surface area contributed by atoms with Crippen LogP contribution in [0.3, 0.4) is 0 Å². The van der Waals surface area contributed by atoms with Crippen LogP contribution in [0.4, 0.5) is 0 Å². The molecule has 9 rings (SSSR count). The van der Waals surface area contributed by atoms with Gasteiger partial charge in [-0.3, -0.25) is 0 Å². The summed E-state index contributed by atoms with van der Waals surface area (Å²) in [5.74, 6) is 3.18. The molecule has 0 spiro atoms. The Balaban J connectivity index is 0.000000170. The van der Waals surface area contributed by atoms with Crippen molar-refractivity contribution in [2.45, 2.75) is 108 Å². The number of esters is 2. The maximum atomic E-state index is 12.6. The molecule has 0 bridgehead atoms. The van der Waals surface area contributed by atoms with E-state index in [1.807, 2.05) is 43.3 Å². The number of carbonyl (C=O) groups excluding carboxylic acids is 2. The van der Waals surface area contributed by atoms with E-state index >= 15 is 0 Å². The standard InChI is InChI=1S/C26H30O6.C20H22O4.C3H5ClO/c1-17-12-20(6-11-25(17)31-16-24-15-30-24)26(27)32-22-9-4-19(5-10-22)18-2-7-21(8-3-18)28-13-23-14-29-23;1-13-12-16(6-11-19(13)22)20(23)24-18-9-4-15(5-10-18)14-2-7-17(21)8-3-14;4-1-3-2-5-3/h2-3,6-8,11-12,19,22-24H,4-5,9-10,13-16H2,1H3;2-3,6-8,11-12,15,18,21-22H,4-5,9-10H2,1H3;3H,1-2H2. The normalized spacial score (nSPS) is 24.7. The summed E-state index contributed by atoms with van der Waals surface area (Å²) in [5, 5.41) is 18.9. The summed E-state index contributed by atoms with van der Waals surface area (Å²) in [7, 11) is 0. The minimum atomic E-state index is -0.328. The van der Waals surface area contributed by atoms with Crippen molar-refractivity contribution in [3.63, 3.8) is 0 Å². The Labute approximate surface area is 363 Å². The predicted molar refractivity (Wildman–Crippen MR) is 230 cm³/mol. The molecule has 5 fully saturated rings. The van der Waals surface area contributed by atoms with Crippen LogP contribution in [0.15, 0.2) is 84.9 Å². The van der Waals surface area contributed by atoms with E-state index in [2.05, 4.69) is 12.1 Å². The number of ether oxygens (including phenoxy) is 7. The van der Waals surface area contributed by atoms with Crippen molar-refractivity contribution in [3.8, 4) is 23.0 Å². The molecule has 3 unspecified atom stereocenters. The van der Waals surface area contributed by atoms with E-state index in [9.17, 15) is 19.8 Å². The van der Waals surface area contributed by atoms with Gasteiger partial charge in [0.15, 0.2) is 0 Å². The van der Waals surface area contributed by atoms with Crippen molar-refractivity contribution in [3.05, 3.63) is 118 Å². The average molecular weight is 857 g/mol. The van der Waals surface area contributed by atoms with Gasteiger partial charge in [0.25, 0.3) is 0 Å². The molecule has 3 heterocycles. The number of aromatic hydroxyl groups is 2. The van der Waals surface area contributed by atoms with Gasteiger partial charge in [-0.2, -0.15) is 0 Å². The number of rotatable bonds is 13. The largest absolute Gasteiger partial charge is 0.508 e. The molecule has 2 aliphatic carbocycles. The van der Waals surface area contributed by atoms with Gasteiger partial charge in [0.05, 0.1) is 42.9 Å². The number of phenols is 2. The van der Waals surface area contributed by atoms with Gasteiger partial charge in [0.1, 0.15) is 60.6 Å². The van der Waals surface area contributed by atoms with E-state index in [0.29, 0.717) is 53.7 Å². The lowest BCUT2D eigenvalue weighted by Gasteiger charge is -2.28. The molecule has 2 saturated carbocycles. The maximum absolute atomic E-state index is 12.6. The molecular formula is C49H57ClO11. The lowest BCUT2D eigenvalue weighted by atomic mass is 9.83. The zero-order valence-corrected chi connectivity index (χ0v) is 35.7. The number of aryl methyl sites for hydroxylation is 2. The highest BCUT2D eigenvalue weighted by molar-refractivity contribution is 6.18. The quantitative estimate of drug-likeness (QED) is 0.0753. The van der Waals surface area contributed by atoms with Crippen molar-refractivity contribution >= 4 is 23.5 Å². The van der Waals surface area contributed by atoms with Gasteiger partial charge in [0, 0.05) is 0 Å². The second-order valence-corrected chi connectivity index (χ2v) is 16.9. The van der Waals surface area contributed by atoms with Crippen molar-refractivity contribution in [2.75, 3.05) is 38.9 Å². The van der Waals surface area contributed by atoms with Gasteiger partial charge < -0.3 is 43.4 Å². The first kappa shape index (κ1) is 44.3. The number of benzene rings is 4. The number of alkyl halides is 1. The summed E-state index contributed by atoms with van der Waals surface area (Å²) in [6.07, 6.45) is 8.22. The van der Waals surface area contributed by atoms with Crippen molar-refractivity contribution in [1.82, 2.24) is 0 Å². The van der Waals surface area contributed by atoms with Crippen LogP contribution in [0.1, 0.15) is 106 Å². The summed E-state index contributed by atoms with van der Waals surface area (Å²) in [5.41, 5.74) is 5.21. The molecule has 4 aromatic rings. The van der Waals surface area contributed by atoms with Crippen LogP contribution < -0.4 is 9.47 Å². The third-order valence-corrected chi connectivity index (χ3v) is 12.0. The van der Waals surface area contributed by atoms with Crippen molar-refractivity contribution in [2.24, 2.45) is 0 Å². The first-order valence-corrected chi connectivity index (χ1v) is 22.0. The van der Waals surface area contributed by atoms with E-state index < -0.39 is 0 Å². The summed E-state index contributed by atoms with van der Waals surface area (Å²) in [4.78, 5) is 24.9. The van der Waals surface area contributed by atoms with Gasteiger partial charge in [0.2, 0.25) is 0 Å². The Kier molecular flexibility index (Phi) is 15.5. The fourth-order valence-electron chi connectivity index (χ4n) is 7.63. The molecule has 61 heavy (non-hydrogen) atoms. The molecule has 4 aromatic carbocycles. The average Bonchev–Trinajstić information content (AvgIpc) is 4.12. The number of epoxide rings is 3. The predicted octanol–water partition coefficient (Wildman–Crippen LogP) is 9.35. The third-order valence-electron chi connectivity index (χ3n) is 11.7. The van der Waals surface area contributed by atoms with Gasteiger partial charge in [-0.05, 0) is 160 Å². The SMILES string of the molecule is Cc1cc(C(=O)OC2CCC(c3ccc(O)cc3)CC2)ccc1O.Cc1cc(C(=O)OC2CCC(c3ccc(OCC4CO4)cc3)CC2)ccc1OCC1CO1.ClCC1CO1. The first-order chi connectivity index (χ1) is 29.6. The highest BCUT2D eigenvalue weighted by Crippen LogP contribution is 2.37.